The van der Waals surface area contributed by atoms with Crippen LogP contribution in [-0.2, 0) is 4.79 Å². The number of hydrogen-bond acceptors (Lipinski definition) is 5. The predicted octanol–water partition coefficient (Wildman–Crippen LogP) is 3.83. The van der Waals surface area contributed by atoms with Crippen LogP contribution in [-0.4, -0.2) is 38.3 Å². The molecule has 1 saturated heterocycles. The van der Waals surface area contributed by atoms with Gasteiger partial charge < -0.3 is 4.90 Å². The fourth-order valence-electron chi connectivity index (χ4n) is 3.84. The zero-order valence-corrected chi connectivity index (χ0v) is 16.5. The summed E-state index contributed by atoms with van der Waals surface area (Å²) in [6.45, 7) is 2.47. The largest absolute Gasteiger partial charge is 0.312 e. The molecule has 0 saturated carbocycles. The molecular weight excluding hydrogens is 370 g/mol. The topological polar surface area (TPSA) is 63.4 Å². The van der Waals surface area contributed by atoms with Gasteiger partial charge in [-0.2, -0.15) is 4.52 Å². The number of fused-ring (bicyclic) bond motifs is 3. The summed E-state index contributed by atoms with van der Waals surface area (Å²) >= 11 is 1.69. The third kappa shape index (κ3) is 2.74. The highest BCUT2D eigenvalue weighted by molar-refractivity contribution is 7.98. The molecule has 0 radical (unpaired) electrons. The number of aromatic nitrogens is 4. The van der Waals surface area contributed by atoms with Crippen LogP contribution in [0.15, 0.2) is 53.4 Å². The monoisotopic (exact) mass is 389 g/mol. The summed E-state index contributed by atoms with van der Waals surface area (Å²) in [5.41, 5.74) is 2.61. The second-order valence-electron chi connectivity index (χ2n) is 6.98. The number of benzene rings is 2. The van der Waals surface area contributed by atoms with Crippen molar-refractivity contribution in [2.45, 2.75) is 24.2 Å². The Morgan fingerprint density at radius 1 is 1.07 bits per heavy atom. The maximum Gasteiger partial charge on any atom is 0.227 e. The van der Waals surface area contributed by atoms with Crippen LogP contribution in [0, 0.1) is 6.92 Å². The van der Waals surface area contributed by atoms with Crippen LogP contribution in [0.5, 0.6) is 0 Å². The lowest BCUT2D eigenvalue weighted by Gasteiger charge is -2.17. The minimum atomic E-state index is -0.0269. The molecule has 2 aromatic heterocycles. The lowest BCUT2D eigenvalue weighted by atomic mass is 10.1. The maximum absolute atomic E-state index is 12.8. The Labute approximate surface area is 166 Å². The molecule has 5 rings (SSSR count). The molecule has 28 heavy (non-hydrogen) atoms. The van der Waals surface area contributed by atoms with Crippen molar-refractivity contribution < 1.29 is 4.79 Å². The van der Waals surface area contributed by atoms with Gasteiger partial charge >= 0.3 is 0 Å². The fraction of sp³-hybridized carbons (Fsp3) is 0.238. The van der Waals surface area contributed by atoms with E-state index in [1.165, 1.54) is 4.90 Å². The number of aryl methyl sites for hydroxylation is 1. The van der Waals surface area contributed by atoms with Crippen LogP contribution in [0.2, 0.25) is 0 Å². The number of thioether (sulfide) groups is 1. The smallest absolute Gasteiger partial charge is 0.227 e. The van der Waals surface area contributed by atoms with E-state index in [9.17, 15) is 4.79 Å². The highest BCUT2D eigenvalue weighted by Gasteiger charge is 2.34. The number of anilines is 1. The number of hydrogen-bond donors (Lipinski definition) is 0. The van der Waals surface area contributed by atoms with Gasteiger partial charge in [-0.3, -0.25) is 4.79 Å². The average Bonchev–Trinajstić information content (AvgIpc) is 3.30. The van der Waals surface area contributed by atoms with E-state index in [4.69, 9.17) is 4.98 Å². The summed E-state index contributed by atoms with van der Waals surface area (Å²) in [4.78, 5) is 25.3. The van der Waals surface area contributed by atoms with E-state index in [1.807, 2.05) is 71.1 Å². The van der Waals surface area contributed by atoms with E-state index in [-0.39, 0.29) is 11.8 Å². The number of carbonyl (C=O) groups excluding carboxylic acids is 1. The van der Waals surface area contributed by atoms with E-state index < -0.39 is 0 Å². The van der Waals surface area contributed by atoms with Gasteiger partial charge in [0.15, 0.2) is 5.65 Å². The first-order chi connectivity index (χ1) is 13.6. The Balaban J connectivity index is 1.57. The third-order valence-corrected chi connectivity index (χ3v) is 5.93. The Morgan fingerprint density at radius 3 is 2.64 bits per heavy atom. The Hall–Kier alpha value is -2.93. The first-order valence-electron chi connectivity index (χ1n) is 9.20. The van der Waals surface area contributed by atoms with Crippen molar-refractivity contribution in [3.05, 3.63) is 60.2 Å². The molecule has 7 heteroatoms. The number of nitrogens with zero attached hydrogens (tertiary/aromatic N) is 5. The van der Waals surface area contributed by atoms with Gasteiger partial charge in [0.05, 0.1) is 5.52 Å². The average molecular weight is 389 g/mol. The number of para-hydroxylation sites is 1. The molecule has 1 fully saturated rings. The van der Waals surface area contributed by atoms with E-state index in [1.54, 1.807) is 11.8 Å². The Bertz CT molecular complexity index is 1200. The summed E-state index contributed by atoms with van der Waals surface area (Å²) in [5, 5.41) is 5.54. The Kier molecular flexibility index (Phi) is 4.05. The van der Waals surface area contributed by atoms with Crippen LogP contribution in [0.3, 0.4) is 0 Å². The maximum atomic E-state index is 12.8. The summed E-state index contributed by atoms with van der Waals surface area (Å²) in [6.07, 6.45) is 2.46. The predicted molar refractivity (Wildman–Crippen MR) is 111 cm³/mol. The lowest BCUT2D eigenvalue weighted by molar-refractivity contribution is -0.117. The van der Waals surface area contributed by atoms with Crippen LogP contribution in [0.4, 0.5) is 5.69 Å². The zero-order valence-electron chi connectivity index (χ0n) is 15.7. The molecule has 3 heterocycles. The van der Waals surface area contributed by atoms with Crippen molar-refractivity contribution >= 4 is 39.9 Å². The molecule has 1 aliphatic heterocycles. The molecule has 1 atom stereocenters. The second-order valence-corrected chi connectivity index (χ2v) is 7.86. The van der Waals surface area contributed by atoms with Crippen molar-refractivity contribution in [1.82, 2.24) is 19.6 Å². The van der Waals surface area contributed by atoms with Gasteiger partial charge in [-0.25, -0.2) is 9.97 Å². The van der Waals surface area contributed by atoms with Crippen molar-refractivity contribution in [1.29, 1.82) is 0 Å². The van der Waals surface area contributed by atoms with Gasteiger partial charge in [-0.1, -0.05) is 12.1 Å². The quantitative estimate of drug-likeness (QED) is 0.498. The molecular formula is C21H19N5OS. The Morgan fingerprint density at radius 2 is 1.86 bits per heavy atom. The van der Waals surface area contributed by atoms with Gasteiger partial charge in [0.2, 0.25) is 5.91 Å². The fourth-order valence-corrected chi connectivity index (χ4v) is 4.24. The van der Waals surface area contributed by atoms with E-state index in [2.05, 4.69) is 10.1 Å². The minimum absolute atomic E-state index is 0.0269. The van der Waals surface area contributed by atoms with Crippen molar-refractivity contribution in [2.24, 2.45) is 0 Å². The highest BCUT2D eigenvalue weighted by Crippen LogP contribution is 2.33. The zero-order chi connectivity index (χ0) is 19.3. The van der Waals surface area contributed by atoms with E-state index in [0.717, 1.165) is 28.1 Å². The summed E-state index contributed by atoms with van der Waals surface area (Å²) in [5.74, 6) is 1.59. The van der Waals surface area contributed by atoms with E-state index >= 15 is 0 Å². The van der Waals surface area contributed by atoms with Gasteiger partial charge in [-0.15, -0.1) is 16.9 Å². The molecule has 1 amide bonds. The number of amides is 1. The molecule has 1 unspecified atom stereocenters. The van der Waals surface area contributed by atoms with Crippen LogP contribution < -0.4 is 4.90 Å². The molecule has 140 valence electrons. The molecule has 2 aromatic carbocycles. The molecule has 0 bridgehead atoms. The van der Waals surface area contributed by atoms with Crippen molar-refractivity contribution in [3.8, 4) is 0 Å². The minimum Gasteiger partial charge on any atom is -0.312 e. The standard InChI is InChI=1S/C21H19N5OS/c1-13-22-21-17-5-3-4-6-18(17)23-20(26(21)24-13)14-11-19(27)25(12-14)15-7-9-16(28-2)10-8-15/h3-10,14H,11-12H2,1-2H3. The van der Waals surface area contributed by atoms with Crippen LogP contribution in [0.1, 0.15) is 24.0 Å². The molecule has 1 aliphatic rings. The van der Waals surface area contributed by atoms with Crippen molar-refractivity contribution in [3.63, 3.8) is 0 Å². The summed E-state index contributed by atoms with van der Waals surface area (Å²) in [6, 6.07) is 16.1. The van der Waals surface area contributed by atoms with Gasteiger partial charge in [-0.05, 0) is 49.6 Å². The van der Waals surface area contributed by atoms with E-state index in [0.29, 0.717) is 18.8 Å². The SMILES string of the molecule is CSc1ccc(N2CC(c3nc4ccccc4c4nc(C)nn34)CC2=O)cc1. The summed E-state index contributed by atoms with van der Waals surface area (Å²) < 4.78 is 1.82. The van der Waals surface area contributed by atoms with Gasteiger partial charge in [0.1, 0.15) is 11.6 Å². The normalized spacial score (nSPS) is 17.1. The first kappa shape index (κ1) is 17.2. The second kappa shape index (κ2) is 6.60. The molecule has 0 N–H and O–H groups in total. The lowest BCUT2D eigenvalue weighted by Crippen LogP contribution is -2.24. The molecule has 0 aliphatic carbocycles. The molecule has 4 aromatic rings. The number of carbonyl (C=O) groups is 1. The summed E-state index contributed by atoms with van der Waals surface area (Å²) in [7, 11) is 0. The molecule has 6 nitrogen and oxygen atoms in total. The van der Waals surface area contributed by atoms with Crippen molar-refractivity contribution in [2.75, 3.05) is 17.7 Å². The highest BCUT2D eigenvalue weighted by atomic mass is 32.2. The first-order valence-corrected chi connectivity index (χ1v) is 10.4. The molecule has 0 spiro atoms. The number of rotatable bonds is 3. The third-order valence-electron chi connectivity index (χ3n) is 5.18. The van der Waals surface area contributed by atoms with Gasteiger partial charge in [0, 0.05) is 34.9 Å². The van der Waals surface area contributed by atoms with Crippen LogP contribution >= 0.6 is 11.8 Å². The van der Waals surface area contributed by atoms with Gasteiger partial charge in [0.25, 0.3) is 0 Å². The van der Waals surface area contributed by atoms with Crippen LogP contribution in [0.25, 0.3) is 16.6 Å².